The van der Waals surface area contributed by atoms with Crippen LogP contribution in [0.3, 0.4) is 0 Å². The van der Waals surface area contributed by atoms with Crippen molar-refractivity contribution >= 4 is 11.9 Å². The summed E-state index contributed by atoms with van der Waals surface area (Å²) in [5.41, 5.74) is 5.69. The Morgan fingerprint density at radius 2 is 1.55 bits per heavy atom. The van der Waals surface area contributed by atoms with Crippen LogP contribution >= 0.6 is 0 Å². The first-order valence-electron chi connectivity index (χ1n) is 14.7. The minimum atomic E-state index is 0.0951. The molecule has 0 N–H and O–H groups in total. The summed E-state index contributed by atoms with van der Waals surface area (Å²) in [6.45, 7) is 12.8. The number of carbonyl (C=O) groups is 1. The van der Waals surface area contributed by atoms with E-state index in [0.29, 0.717) is 18.9 Å². The number of nitriles is 1. The molecule has 3 nitrogen and oxygen atoms in total. The van der Waals surface area contributed by atoms with Crippen molar-refractivity contribution in [3.8, 4) is 11.8 Å². The first-order chi connectivity index (χ1) is 19.3. The normalized spacial score (nSPS) is 11.8. The van der Waals surface area contributed by atoms with Crippen molar-refractivity contribution in [2.45, 2.75) is 92.1 Å². The van der Waals surface area contributed by atoms with E-state index in [-0.39, 0.29) is 11.2 Å². The van der Waals surface area contributed by atoms with E-state index < -0.39 is 0 Å². The van der Waals surface area contributed by atoms with E-state index in [1.165, 1.54) is 11.1 Å². The Balaban J connectivity index is 0.00000274. The smallest absolute Gasteiger partial charge is 0.159 e. The Hall–Kier alpha value is -3.64. The van der Waals surface area contributed by atoms with Crippen LogP contribution in [-0.2, 0) is 18.4 Å². The number of hydrogen-bond donors (Lipinski definition) is 0. The summed E-state index contributed by atoms with van der Waals surface area (Å²) in [6.07, 6.45) is 10.1. The number of rotatable bonds is 13. The Kier molecular flexibility index (Phi) is 14.0. The molecule has 3 heteroatoms. The zero-order valence-electron chi connectivity index (χ0n) is 25.4. The summed E-state index contributed by atoms with van der Waals surface area (Å²) in [6, 6.07) is 27.1. The fourth-order valence-electron chi connectivity index (χ4n) is 4.46. The average Bonchev–Trinajstić information content (AvgIpc) is 2.96. The van der Waals surface area contributed by atoms with Crippen LogP contribution in [0.1, 0.15) is 106 Å². The highest BCUT2D eigenvalue weighted by atomic mass is 16.5. The number of unbranched alkanes of at least 4 members (excludes halogenated alkanes) is 2. The van der Waals surface area contributed by atoms with Crippen LogP contribution < -0.4 is 4.74 Å². The third kappa shape index (κ3) is 11.2. The maximum atomic E-state index is 11.6. The fraction of sp³-hybridized carbons (Fsp3) is 0.405. The van der Waals surface area contributed by atoms with E-state index in [0.717, 1.165) is 54.5 Å². The second-order valence-electron chi connectivity index (χ2n) is 11.1. The van der Waals surface area contributed by atoms with Gasteiger partial charge in [-0.3, -0.25) is 4.79 Å². The van der Waals surface area contributed by atoms with Crippen LogP contribution in [-0.4, -0.2) is 5.78 Å². The quantitative estimate of drug-likeness (QED) is 0.161. The number of nitrogens with zero attached hydrogens (tertiary/aromatic N) is 1. The van der Waals surface area contributed by atoms with E-state index >= 15 is 0 Å². The molecule has 0 spiro atoms. The van der Waals surface area contributed by atoms with Gasteiger partial charge in [-0.05, 0) is 66.7 Å². The van der Waals surface area contributed by atoms with E-state index in [2.05, 4.69) is 81.5 Å². The molecule has 0 aliphatic rings. The first kappa shape index (κ1) is 32.6. The number of carbonyl (C=O) groups excluding carboxylic acids is 1. The van der Waals surface area contributed by atoms with Gasteiger partial charge < -0.3 is 4.74 Å². The van der Waals surface area contributed by atoms with Crippen molar-refractivity contribution < 1.29 is 9.53 Å². The number of benzene rings is 3. The number of allylic oxidation sites excluding steroid dienone is 1. The summed E-state index contributed by atoms with van der Waals surface area (Å²) in [7, 11) is 0. The van der Waals surface area contributed by atoms with Crippen LogP contribution in [0.5, 0.6) is 5.75 Å². The molecule has 0 saturated heterocycles. The predicted octanol–water partition coefficient (Wildman–Crippen LogP) is 10.1. The summed E-state index contributed by atoms with van der Waals surface area (Å²) in [4.78, 5) is 11.6. The average molecular weight is 538 g/mol. The van der Waals surface area contributed by atoms with Crippen molar-refractivity contribution in [3.63, 3.8) is 0 Å². The summed E-state index contributed by atoms with van der Waals surface area (Å²) in [5, 5.41) is 8.91. The zero-order valence-corrected chi connectivity index (χ0v) is 25.4. The minimum absolute atomic E-state index is 0.0951. The Morgan fingerprint density at radius 1 is 0.900 bits per heavy atom. The molecule has 0 bridgehead atoms. The molecule has 0 aliphatic carbocycles. The summed E-state index contributed by atoms with van der Waals surface area (Å²) >= 11 is 0. The molecule has 0 saturated carbocycles. The van der Waals surface area contributed by atoms with Gasteiger partial charge in [0.05, 0.1) is 6.07 Å². The van der Waals surface area contributed by atoms with Crippen molar-refractivity contribution in [3.05, 3.63) is 107 Å². The lowest BCUT2D eigenvalue weighted by Gasteiger charge is -2.19. The van der Waals surface area contributed by atoms with Gasteiger partial charge in [-0.2, -0.15) is 5.26 Å². The SMILES string of the molecule is CC.CC(=O)c1ccc(CCC(/C=C/c2ccccc2OCc2ccc(C(C)(C)C)cc2)CCCCC#N)cc1. The highest BCUT2D eigenvalue weighted by Gasteiger charge is 2.13. The number of hydrogen-bond acceptors (Lipinski definition) is 3. The van der Waals surface area contributed by atoms with Crippen molar-refractivity contribution in [2.75, 3.05) is 0 Å². The van der Waals surface area contributed by atoms with Crippen LogP contribution in [0.2, 0.25) is 0 Å². The molecule has 0 amide bonds. The molecule has 1 atom stereocenters. The van der Waals surface area contributed by atoms with Gasteiger partial charge in [0.25, 0.3) is 0 Å². The molecule has 3 aromatic carbocycles. The number of Topliss-reactive ketones (excluding diaryl/α,β-unsaturated/α-hetero) is 1. The molecule has 40 heavy (non-hydrogen) atoms. The second kappa shape index (κ2) is 17.1. The maximum absolute atomic E-state index is 11.6. The predicted molar refractivity (Wildman–Crippen MR) is 169 cm³/mol. The second-order valence-corrected chi connectivity index (χ2v) is 11.1. The van der Waals surface area contributed by atoms with Gasteiger partial charge in [0.2, 0.25) is 0 Å². The Bertz CT molecular complexity index is 1220. The van der Waals surface area contributed by atoms with Gasteiger partial charge in [-0.15, -0.1) is 0 Å². The van der Waals surface area contributed by atoms with Crippen molar-refractivity contribution in [2.24, 2.45) is 5.92 Å². The third-order valence-electron chi connectivity index (χ3n) is 6.96. The van der Waals surface area contributed by atoms with Crippen LogP contribution in [0, 0.1) is 17.2 Å². The van der Waals surface area contributed by atoms with Crippen LogP contribution in [0.15, 0.2) is 78.9 Å². The third-order valence-corrected chi connectivity index (χ3v) is 6.96. The Labute approximate surface area is 242 Å². The lowest BCUT2D eigenvalue weighted by molar-refractivity contribution is 0.101. The molecule has 1 unspecified atom stereocenters. The molecule has 3 aromatic rings. The number of ketones is 1. The molecular weight excluding hydrogens is 490 g/mol. The lowest BCUT2D eigenvalue weighted by atomic mass is 9.87. The highest BCUT2D eigenvalue weighted by molar-refractivity contribution is 5.94. The largest absolute Gasteiger partial charge is 0.488 e. The number of ether oxygens (including phenoxy) is 1. The monoisotopic (exact) mass is 537 g/mol. The lowest BCUT2D eigenvalue weighted by Crippen LogP contribution is -2.10. The van der Waals surface area contributed by atoms with E-state index in [4.69, 9.17) is 10.00 Å². The van der Waals surface area contributed by atoms with Gasteiger partial charge >= 0.3 is 0 Å². The molecular formula is C37H47NO2. The molecule has 0 fully saturated rings. The standard InChI is InChI=1S/C35H41NO2.C2H6/c1-27(37)31-20-15-29(16-21-31)14-13-28(10-6-5-9-25-36)17-22-32-11-7-8-12-34(32)38-26-30-18-23-33(24-19-30)35(2,3)4;1-2/h7-8,11-12,15-24,28H,5-6,9-10,13-14,26H2,1-4H3;1-2H3/b22-17+;. The van der Waals surface area contributed by atoms with E-state index in [1.807, 2.05) is 44.2 Å². The summed E-state index contributed by atoms with van der Waals surface area (Å²) in [5.74, 6) is 1.38. The first-order valence-corrected chi connectivity index (χ1v) is 14.7. The van der Waals surface area contributed by atoms with Crippen LogP contribution in [0.4, 0.5) is 0 Å². The van der Waals surface area contributed by atoms with Gasteiger partial charge in [-0.1, -0.05) is 120 Å². The van der Waals surface area contributed by atoms with Gasteiger partial charge in [0.1, 0.15) is 12.4 Å². The zero-order chi connectivity index (χ0) is 29.4. The van der Waals surface area contributed by atoms with E-state index in [9.17, 15) is 4.79 Å². The van der Waals surface area contributed by atoms with Crippen LogP contribution in [0.25, 0.3) is 6.08 Å². The topological polar surface area (TPSA) is 50.1 Å². The minimum Gasteiger partial charge on any atom is -0.488 e. The maximum Gasteiger partial charge on any atom is 0.159 e. The molecule has 0 aromatic heterocycles. The summed E-state index contributed by atoms with van der Waals surface area (Å²) < 4.78 is 6.24. The van der Waals surface area contributed by atoms with Crippen molar-refractivity contribution in [1.29, 1.82) is 5.26 Å². The number of para-hydroxylation sites is 1. The fourth-order valence-corrected chi connectivity index (χ4v) is 4.46. The van der Waals surface area contributed by atoms with Crippen molar-refractivity contribution in [1.82, 2.24) is 0 Å². The molecule has 0 aliphatic heterocycles. The molecule has 212 valence electrons. The van der Waals surface area contributed by atoms with Gasteiger partial charge in [-0.25, -0.2) is 0 Å². The van der Waals surface area contributed by atoms with Gasteiger partial charge in [0, 0.05) is 17.5 Å². The van der Waals surface area contributed by atoms with Gasteiger partial charge in [0.15, 0.2) is 5.78 Å². The number of aryl methyl sites for hydroxylation is 1. The van der Waals surface area contributed by atoms with E-state index in [1.54, 1.807) is 6.92 Å². The Morgan fingerprint density at radius 3 is 2.17 bits per heavy atom. The highest BCUT2D eigenvalue weighted by Crippen LogP contribution is 2.26. The molecule has 0 heterocycles. The molecule has 3 rings (SSSR count). The molecule has 0 radical (unpaired) electrons.